The molecular formula is C22H24N6O. The number of rotatable bonds is 4. The van der Waals surface area contributed by atoms with E-state index in [-0.39, 0.29) is 11.8 Å². The second-order valence-corrected chi connectivity index (χ2v) is 7.68. The van der Waals surface area contributed by atoms with Gasteiger partial charge in [-0.2, -0.15) is 5.10 Å². The summed E-state index contributed by atoms with van der Waals surface area (Å²) in [6.07, 6.45) is 2.68. The monoisotopic (exact) mass is 388 g/mol. The average molecular weight is 388 g/mol. The largest absolute Gasteiger partial charge is 0.358 e. The van der Waals surface area contributed by atoms with Crippen molar-refractivity contribution in [3.8, 4) is 0 Å². The number of carbonyl (C=O) groups excluding carboxylic acids is 1. The Kier molecular flexibility index (Phi) is 4.32. The standard InChI is InChI=1S/C22H24N6O/c1-14-19(16-5-2-3-7-18(16)25-14)22(29)27-11-8-15(13-27)20-17-6-4-10-24-21(17)28(26-20)12-9-23/h2-7,10,15,25H,8-9,11-13,23H2,1H3. The number of nitrogens with one attached hydrogen (secondary N) is 1. The highest BCUT2D eigenvalue weighted by molar-refractivity contribution is 6.08. The van der Waals surface area contributed by atoms with Crippen LogP contribution in [0.25, 0.3) is 21.9 Å². The van der Waals surface area contributed by atoms with Crippen molar-refractivity contribution in [1.29, 1.82) is 0 Å². The summed E-state index contributed by atoms with van der Waals surface area (Å²) in [5.74, 6) is 0.293. The number of para-hydroxylation sites is 1. The third kappa shape index (κ3) is 2.89. The van der Waals surface area contributed by atoms with Gasteiger partial charge in [0.2, 0.25) is 0 Å². The van der Waals surface area contributed by atoms with Crippen LogP contribution in [0.2, 0.25) is 0 Å². The van der Waals surface area contributed by atoms with Crippen molar-refractivity contribution in [3.05, 3.63) is 59.5 Å². The third-order valence-electron chi connectivity index (χ3n) is 5.85. The first-order valence-corrected chi connectivity index (χ1v) is 10.1. The molecule has 4 heterocycles. The second-order valence-electron chi connectivity index (χ2n) is 7.68. The summed E-state index contributed by atoms with van der Waals surface area (Å²) in [7, 11) is 0. The number of nitrogens with two attached hydrogens (primary N) is 1. The van der Waals surface area contributed by atoms with Crippen molar-refractivity contribution in [2.45, 2.75) is 25.8 Å². The molecule has 7 heteroatoms. The van der Waals surface area contributed by atoms with Crippen molar-refractivity contribution in [2.75, 3.05) is 19.6 Å². The number of hydrogen-bond donors (Lipinski definition) is 2. The summed E-state index contributed by atoms with van der Waals surface area (Å²) in [4.78, 5) is 23.1. The molecule has 1 aliphatic rings. The number of amides is 1. The van der Waals surface area contributed by atoms with Crippen molar-refractivity contribution < 1.29 is 4.79 Å². The average Bonchev–Trinajstić information content (AvgIpc) is 3.43. The number of benzene rings is 1. The molecule has 1 fully saturated rings. The van der Waals surface area contributed by atoms with Crippen molar-refractivity contribution >= 4 is 27.8 Å². The fraction of sp³-hybridized carbons (Fsp3) is 0.318. The van der Waals surface area contributed by atoms with Crippen molar-refractivity contribution in [2.24, 2.45) is 5.73 Å². The lowest BCUT2D eigenvalue weighted by molar-refractivity contribution is 0.0792. The highest BCUT2D eigenvalue weighted by Crippen LogP contribution is 2.33. The number of nitrogens with zero attached hydrogens (tertiary/aromatic N) is 4. The molecule has 29 heavy (non-hydrogen) atoms. The van der Waals surface area contributed by atoms with E-state index in [4.69, 9.17) is 10.8 Å². The molecule has 1 amide bonds. The number of pyridine rings is 1. The van der Waals surface area contributed by atoms with Crippen LogP contribution in [0.5, 0.6) is 0 Å². The molecule has 7 nitrogen and oxygen atoms in total. The van der Waals surface area contributed by atoms with Gasteiger partial charge in [-0.3, -0.25) is 4.79 Å². The number of aryl methyl sites for hydroxylation is 1. The molecule has 1 atom stereocenters. The molecule has 0 bridgehead atoms. The molecule has 3 N–H and O–H groups in total. The van der Waals surface area contributed by atoms with Gasteiger partial charge >= 0.3 is 0 Å². The lowest BCUT2D eigenvalue weighted by Crippen LogP contribution is -2.29. The van der Waals surface area contributed by atoms with Gasteiger partial charge in [-0.1, -0.05) is 18.2 Å². The molecule has 0 spiro atoms. The molecule has 1 unspecified atom stereocenters. The third-order valence-corrected chi connectivity index (χ3v) is 5.85. The Morgan fingerprint density at radius 3 is 2.93 bits per heavy atom. The minimum atomic E-state index is 0.0891. The number of aromatic nitrogens is 4. The normalized spacial score (nSPS) is 16.9. The maximum absolute atomic E-state index is 13.3. The van der Waals surface area contributed by atoms with Crippen LogP contribution in [-0.2, 0) is 6.54 Å². The Balaban J connectivity index is 1.45. The molecule has 0 aliphatic carbocycles. The maximum Gasteiger partial charge on any atom is 0.256 e. The quantitative estimate of drug-likeness (QED) is 0.562. The number of likely N-dealkylation sites (tertiary alicyclic amines) is 1. The van der Waals surface area contributed by atoms with Crippen molar-refractivity contribution in [1.82, 2.24) is 24.6 Å². The van der Waals surface area contributed by atoms with Crippen LogP contribution in [0.1, 0.15) is 34.1 Å². The van der Waals surface area contributed by atoms with Gasteiger partial charge in [-0.15, -0.1) is 0 Å². The summed E-state index contributed by atoms with van der Waals surface area (Å²) >= 11 is 0. The summed E-state index contributed by atoms with van der Waals surface area (Å²) in [6, 6.07) is 12.0. The van der Waals surface area contributed by atoms with E-state index in [1.54, 1.807) is 6.20 Å². The first-order valence-electron chi connectivity index (χ1n) is 10.1. The van der Waals surface area contributed by atoms with E-state index in [1.807, 2.05) is 46.8 Å². The van der Waals surface area contributed by atoms with E-state index < -0.39 is 0 Å². The second kappa shape index (κ2) is 7.00. The number of fused-ring (bicyclic) bond motifs is 2. The van der Waals surface area contributed by atoms with Gasteiger partial charge in [-0.05, 0) is 31.5 Å². The molecule has 5 rings (SSSR count). The highest BCUT2D eigenvalue weighted by Gasteiger charge is 2.32. The van der Waals surface area contributed by atoms with Crippen LogP contribution in [0, 0.1) is 6.92 Å². The van der Waals surface area contributed by atoms with Crippen LogP contribution < -0.4 is 5.73 Å². The molecule has 148 valence electrons. The topological polar surface area (TPSA) is 92.8 Å². The molecule has 0 radical (unpaired) electrons. The zero-order chi connectivity index (χ0) is 20.0. The number of carbonyl (C=O) groups is 1. The van der Waals surface area contributed by atoms with Crippen LogP contribution >= 0.6 is 0 Å². The first kappa shape index (κ1) is 17.9. The number of aromatic amines is 1. The maximum atomic E-state index is 13.3. The zero-order valence-corrected chi connectivity index (χ0v) is 16.4. The van der Waals surface area contributed by atoms with Gasteiger partial charge < -0.3 is 15.6 Å². The minimum absolute atomic E-state index is 0.0891. The number of hydrogen-bond acceptors (Lipinski definition) is 4. The van der Waals surface area contributed by atoms with Crippen LogP contribution in [-0.4, -0.2) is 50.2 Å². The molecule has 3 aromatic heterocycles. The molecule has 4 aromatic rings. The Morgan fingerprint density at radius 1 is 1.24 bits per heavy atom. The van der Waals surface area contributed by atoms with Crippen LogP contribution in [0.3, 0.4) is 0 Å². The summed E-state index contributed by atoms with van der Waals surface area (Å²) in [5, 5.41) is 6.86. The van der Waals surface area contributed by atoms with E-state index in [9.17, 15) is 4.79 Å². The zero-order valence-electron chi connectivity index (χ0n) is 16.4. The summed E-state index contributed by atoms with van der Waals surface area (Å²) in [5.41, 5.74) is 10.3. The summed E-state index contributed by atoms with van der Waals surface area (Å²) in [6.45, 7) is 4.52. The molecule has 1 aliphatic heterocycles. The van der Waals surface area contributed by atoms with E-state index in [0.717, 1.165) is 51.9 Å². The highest BCUT2D eigenvalue weighted by atomic mass is 16.2. The van der Waals surface area contributed by atoms with Crippen LogP contribution in [0.4, 0.5) is 0 Å². The molecule has 0 saturated carbocycles. The first-order chi connectivity index (χ1) is 14.2. The predicted octanol–water partition coefficient (Wildman–Crippen LogP) is 2.81. The van der Waals surface area contributed by atoms with E-state index in [0.29, 0.717) is 19.6 Å². The van der Waals surface area contributed by atoms with Crippen molar-refractivity contribution in [3.63, 3.8) is 0 Å². The Morgan fingerprint density at radius 2 is 2.07 bits per heavy atom. The molecule has 1 aromatic carbocycles. The lowest BCUT2D eigenvalue weighted by Gasteiger charge is -2.16. The van der Waals surface area contributed by atoms with Gasteiger partial charge in [0.05, 0.1) is 17.8 Å². The summed E-state index contributed by atoms with van der Waals surface area (Å²) < 4.78 is 1.89. The lowest BCUT2D eigenvalue weighted by atomic mass is 10.0. The Hall–Kier alpha value is -3.19. The number of H-pyrrole nitrogens is 1. The van der Waals surface area contributed by atoms with Gasteiger partial charge in [0.1, 0.15) is 0 Å². The Labute approximate surface area is 168 Å². The fourth-order valence-corrected chi connectivity index (χ4v) is 4.49. The van der Waals surface area contributed by atoms with Crippen LogP contribution in [0.15, 0.2) is 42.6 Å². The minimum Gasteiger partial charge on any atom is -0.358 e. The SMILES string of the molecule is Cc1[nH]c2ccccc2c1C(=O)N1CCC(c2nn(CCN)c3ncccc23)C1. The molecular weight excluding hydrogens is 364 g/mol. The van der Waals surface area contributed by atoms with E-state index in [1.165, 1.54) is 0 Å². The van der Waals surface area contributed by atoms with Gasteiger partial charge in [0.25, 0.3) is 5.91 Å². The predicted molar refractivity (Wildman–Crippen MR) is 113 cm³/mol. The smallest absolute Gasteiger partial charge is 0.256 e. The fourth-order valence-electron chi connectivity index (χ4n) is 4.49. The Bertz CT molecular complexity index is 1210. The van der Waals surface area contributed by atoms with Gasteiger partial charge in [-0.25, -0.2) is 9.67 Å². The van der Waals surface area contributed by atoms with E-state index in [2.05, 4.69) is 16.0 Å². The van der Waals surface area contributed by atoms with Gasteiger partial charge in [0.15, 0.2) is 5.65 Å². The molecule has 1 saturated heterocycles. The van der Waals surface area contributed by atoms with Gasteiger partial charge in [0, 0.05) is 53.7 Å². The van der Waals surface area contributed by atoms with E-state index >= 15 is 0 Å².